The van der Waals surface area contributed by atoms with Gasteiger partial charge in [0, 0.05) is 0 Å². The Morgan fingerprint density at radius 2 is 2.33 bits per heavy atom. The van der Waals surface area contributed by atoms with Gasteiger partial charge in [-0.2, -0.15) is 4.21 Å². The second kappa shape index (κ2) is 4.90. The van der Waals surface area contributed by atoms with Gasteiger partial charge in [-0.15, -0.1) is 0 Å². The zero-order chi connectivity index (χ0) is 7.28. The summed E-state index contributed by atoms with van der Waals surface area (Å²) in [7, 11) is 0. The molecule has 1 N–H and O–H groups in total. The van der Waals surface area contributed by atoms with Crippen LogP contribution in [0, 0.1) is 0 Å². The van der Waals surface area contributed by atoms with Crippen LogP contribution in [0.2, 0.25) is 0 Å². The monoisotopic (exact) mass is 152 g/mol. The molecule has 0 bridgehead atoms. The molecule has 0 fully saturated rings. The van der Waals surface area contributed by atoms with Crippen LogP contribution >= 0.6 is 0 Å². The van der Waals surface area contributed by atoms with Gasteiger partial charge in [-0.3, -0.25) is 8.74 Å². The average molecular weight is 152 g/mol. The molecule has 0 aliphatic carbocycles. The van der Waals surface area contributed by atoms with Crippen LogP contribution in [0.25, 0.3) is 0 Å². The van der Waals surface area contributed by atoms with Crippen LogP contribution in [0.1, 0.15) is 26.7 Å². The highest BCUT2D eigenvalue weighted by Gasteiger charge is 2.02. The summed E-state index contributed by atoms with van der Waals surface area (Å²) in [4.78, 5) is 0. The Morgan fingerprint density at radius 3 is 2.67 bits per heavy atom. The van der Waals surface area contributed by atoms with Crippen LogP contribution in [-0.2, 0) is 15.5 Å². The van der Waals surface area contributed by atoms with E-state index in [0.29, 0.717) is 0 Å². The van der Waals surface area contributed by atoms with Gasteiger partial charge in [0.15, 0.2) is 0 Å². The Labute approximate surface area is 57.9 Å². The molecular formula is C5H12O3S. The fourth-order valence-corrected chi connectivity index (χ4v) is 0.972. The maximum atomic E-state index is 9.97. The van der Waals surface area contributed by atoms with Gasteiger partial charge in [0.2, 0.25) is 0 Å². The van der Waals surface area contributed by atoms with Crippen molar-refractivity contribution in [3.8, 4) is 0 Å². The number of rotatable bonds is 4. The second-order valence-electron chi connectivity index (χ2n) is 1.91. The summed E-state index contributed by atoms with van der Waals surface area (Å²) in [5.74, 6) is 0. The van der Waals surface area contributed by atoms with Gasteiger partial charge in [0.05, 0.1) is 6.10 Å². The van der Waals surface area contributed by atoms with Crippen molar-refractivity contribution >= 4 is 11.4 Å². The summed E-state index contributed by atoms with van der Waals surface area (Å²) in [6.45, 7) is 3.78. The molecule has 0 amide bonds. The largest absolute Gasteiger partial charge is 0.302 e. The number of hydrogen-bond donors (Lipinski definition) is 1. The molecule has 3 nitrogen and oxygen atoms in total. The molecule has 2 atom stereocenters. The van der Waals surface area contributed by atoms with Gasteiger partial charge in [-0.05, 0) is 13.3 Å². The van der Waals surface area contributed by atoms with E-state index in [1.54, 1.807) is 6.92 Å². The highest BCUT2D eigenvalue weighted by Crippen LogP contribution is 2.00. The second-order valence-corrected chi connectivity index (χ2v) is 2.54. The lowest BCUT2D eigenvalue weighted by Crippen LogP contribution is -2.08. The minimum absolute atomic E-state index is 0.110. The SMILES string of the molecule is CCCC(C)OS(=O)O. The summed E-state index contributed by atoms with van der Waals surface area (Å²) in [5, 5.41) is 0. The van der Waals surface area contributed by atoms with Crippen molar-refractivity contribution in [1.82, 2.24) is 0 Å². The van der Waals surface area contributed by atoms with Crippen molar-refractivity contribution in [1.29, 1.82) is 0 Å². The van der Waals surface area contributed by atoms with Crippen LogP contribution < -0.4 is 0 Å². The molecule has 56 valence electrons. The molecule has 0 aromatic heterocycles. The van der Waals surface area contributed by atoms with Gasteiger partial charge in [-0.25, -0.2) is 0 Å². The summed E-state index contributed by atoms with van der Waals surface area (Å²) < 4.78 is 22.7. The smallest absolute Gasteiger partial charge is 0.284 e. The zero-order valence-corrected chi connectivity index (χ0v) is 6.48. The van der Waals surface area contributed by atoms with E-state index in [1.165, 1.54) is 0 Å². The van der Waals surface area contributed by atoms with Gasteiger partial charge >= 0.3 is 11.4 Å². The van der Waals surface area contributed by atoms with Crippen molar-refractivity contribution in [3.05, 3.63) is 0 Å². The van der Waals surface area contributed by atoms with Crippen molar-refractivity contribution in [2.45, 2.75) is 32.8 Å². The first-order valence-corrected chi connectivity index (χ1v) is 3.98. The molecule has 0 radical (unpaired) electrons. The van der Waals surface area contributed by atoms with E-state index in [2.05, 4.69) is 4.18 Å². The molecule has 0 aliphatic rings. The molecule has 0 heterocycles. The molecule has 0 aromatic rings. The van der Waals surface area contributed by atoms with Crippen LogP contribution in [0.3, 0.4) is 0 Å². The van der Waals surface area contributed by atoms with E-state index in [9.17, 15) is 4.21 Å². The van der Waals surface area contributed by atoms with Crippen LogP contribution in [0.5, 0.6) is 0 Å². The van der Waals surface area contributed by atoms with E-state index >= 15 is 0 Å². The van der Waals surface area contributed by atoms with E-state index in [4.69, 9.17) is 4.55 Å². The molecule has 2 unspecified atom stereocenters. The standard InChI is InChI=1S/C5H12O3S/c1-3-4-5(2)8-9(6)7/h5H,3-4H2,1-2H3,(H,6,7). The van der Waals surface area contributed by atoms with Gasteiger partial charge < -0.3 is 0 Å². The van der Waals surface area contributed by atoms with E-state index in [-0.39, 0.29) is 6.10 Å². The molecule has 0 aliphatic heterocycles. The first-order valence-electron chi connectivity index (χ1n) is 2.94. The lowest BCUT2D eigenvalue weighted by molar-refractivity contribution is 0.211. The average Bonchev–Trinajstić information content (AvgIpc) is 1.63. The Hall–Kier alpha value is 0.0700. The van der Waals surface area contributed by atoms with Crippen LogP contribution in [-0.4, -0.2) is 14.9 Å². The third-order valence-corrected chi connectivity index (χ3v) is 1.43. The third kappa shape index (κ3) is 5.95. The van der Waals surface area contributed by atoms with Crippen molar-refractivity contribution < 1.29 is 12.9 Å². The predicted octanol–water partition coefficient (Wildman–Crippen LogP) is 1.33. The van der Waals surface area contributed by atoms with Crippen LogP contribution in [0.4, 0.5) is 0 Å². The number of hydrogen-bond acceptors (Lipinski definition) is 2. The summed E-state index contributed by atoms with van der Waals surface area (Å²) >= 11 is -2.10. The normalized spacial score (nSPS) is 17.2. The molecule has 0 rings (SSSR count). The van der Waals surface area contributed by atoms with E-state index < -0.39 is 11.4 Å². The fourth-order valence-electron chi connectivity index (χ4n) is 0.595. The summed E-state index contributed by atoms with van der Waals surface area (Å²) in [6, 6.07) is 0. The van der Waals surface area contributed by atoms with Gasteiger partial charge in [0.25, 0.3) is 0 Å². The summed E-state index contributed by atoms with van der Waals surface area (Å²) in [6.07, 6.45) is 1.69. The highest BCUT2D eigenvalue weighted by molar-refractivity contribution is 7.74. The molecule has 0 saturated carbocycles. The first kappa shape index (κ1) is 9.07. The minimum atomic E-state index is -2.10. The predicted molar refractivity (Wildman–Crippen MR) is 36.2 cm³/mol. The highest BCUT2D eigenvalue weighted by atomic mass is 32.2. The Bertz CT molecular complexity index is 94.2. The maximum Gasteiger partial charge on any atom is 0.302 e. The van der Waals surface area contributed by atoms with E-state index in [0.717, 1.165) is 12.8 Å². The maximum absolute atomic E-state index is 9.97. The molecule has 0 spiro atoms. The molecule has 9 heavy (non-hydrogen) atoms. The Kier molecular flexibility index (Phi) is 4.94. The van der Waals surface area contributed by atoms with Crippen molar-refractivity contribution in [3.63, 3.8) is 0 Å². The molecule has 4 heteroatoms. The van der Waals surface area contributed by atoms with Gasteiger partial charge in [-0.1, -0.05) is 13.3 Å². The first-order chi connectivity index (χ1) is 4.16. The van der Waals surface area contributed by atoms with Gasteiger partial charge in [0.1, 0.15) is 0 Å². The quantitative estimate of drug-likeness (QED) is 0.618. The Morgan fingerprint density at radius 1 is 1.78 bits per heavy atom. The molecular weight excluding hydrogens is 140 g/mol. The lowest BCUT2D eigenvalue weighted by atomic mass is 10.2. The summed E-state index contributed by atoms with van der Waals surface area (Å²) in [5.41, 5.74) is 0. The zero-order valence-electron chi connectivity index (χ0n) is 5.66. The van der Waals surface area contributed by atoms with Crippen molar-refractivity contribution in [2.24, 2.45) is 0 Å². The topological polar surface area (TPSA) is 46.5 Å². The lowest BCUT2D eigenvalue weighted by Gasteiger charge is -2.05. The minimum Gasteiger partial charge on any atom is -0.284 e. The fraction of sp³-hybridized carbons (Fsp3) is 1.00. The van der Waals surface area contributed by atoms with Crippen LogP contribution in [0.15, 0.2) is 0 Å². The molecule has 0 aromatic carbocycles. The third-order valence-electron chi connectivity index (χ3n) is 0.942. The van der Waals surface area contributed by atoms with E-state index in [1.807, 2.05) is 6.92 Å². The molecule has 0 saturated heterocycles. The van der Waals surface area contributed by atoms with Crippen molar-refractivity contribution in [2.75, 3.05) is 0 Å². The Balaban J connectivity index is 3.26.